The van der Waals surface area contributed by atoms with Crippen molar-refractivity contribution in [1.29, 1.82) is 0 Å². The first kappa shape index (κ1) is 18.2. The molecule has 0 radical (unpaired) electrons. The number of benzene rings is 1. The maximum absolute atomic E-state index is 12.0. The van der Waals surface area contributed by atoms with Gasteiger partial charge in [-0.1, -0.05) is 6.08 Å². The van der Waals surface area contributed by atoms with Crippen molar-refractivity contribution in [2.45, 2.75) is 26.0 Å². The molecule has 0 saturated carbocycles. The van der Waals surface area contributed by atoms with Crippen molar-refractivity contribution in [3.63, 3.8) is 0 Å². The standard InChI is InChI=1S/C16H24N2O3S/c1-5-12-22(20,21)13(4)16(19)17-14-8-10-15(11-9-14)18(6-2)7-3/h5,8-11,13H,1,6-7,12H2,2-4H3,(H,17,19). The number of carbonyl (C=O) groups excluding carboxylic acids is 1. The average molecular weight is 324 g/mol. The van der Waals surface area contributed by atoms with Crippen LogP contribution in [0, 0.1) is 0 Å². The summed E-state index contributed by atoms with van der Waals surface area (Å²) >= 11 is 0. The lowest BCUT2D eigenvalue weighted by molar-refractivity contribution is -0.115. The molecule has 5 nitrogen and oxygen atoms in total. The number of rotatable bonds is 8. The summed E-state index contributed by atoms with van der Waals surface area (Å²) in [6, 6.07) is 7.37. The van der Waals surface area contributed by atoms with E-state index < -0.39 is 21.0 Å². The number of hydrogen-bond acceptors (Lipinski definition) is 4. The van der Waals surface area contributed by atoms with Crippen LogP contribution < -0.4 is 10.2 Å². The second kappa shape index (κ2) is 7.98. The molecule has 0 saturated heterocycles. The summed E-state index contributed by atoms with van der Waals surface area (Å²) in [5.41, 5.74) is 1.65. The molecule has 6 heteroatoms. The van der Waals surface area contributed by atoms with Gasteiger partial charge in [-0.05, 0) is 45.0 Å². The van der Waals surface area contributed by atoms with Crippen LogP contribution in [0.15, 0.2) is 36.9 Å². The molecule has 0 aliphatic carbocycles. The number of nitrogens with zero attached hydrogens (tertiary/aromatic N) is 1. The molecule has 0 spiro atoms. The normalized spacial score (nSPS) is 12.5. The Hall–Kier alpha value is -1.82. The quantitative estimate of drug-likeness (QED) is 0.746. The van der Waals surface area contributed by atoms with Crippen molar-refractivity contribution < 1.29 is 13.2 Å². The summed E-state index contributed by atoms with van der Waals surface area (Å²) in [5.74, 6) is -0.736. The first-order chi connectivity index (χ1) is 10.4. The van der Waals surface area contributed by atoms with E-state index in [0.29, 0.717) is 5.69 Å². The van der Waals surface area contributed by atoms with Gasteiger partial charge >= 0.3 is 0 Å². The van der Waals surface area contributed by atoms with Crippen molar-refractivity contribution >= 4 is 27.1 Å². The molecular weight excluding hydrogens is 300 g/mol. The number of sulfone groups is 1. The van der Waals surface area contributed by atoms with E-state index in [1.165, 1.54) is 13.0 Å². The fourth-order valence-electron chi connectivity index (χ4n) is 2.06. The van der Waals surface area contributed by atoms with E-state index in [2.05, 4.69) is 30.6 Å². The van der Waals surface area contributed by atoms with Crippen molar-refractivity contribution in [3.05, 3.63) is 36.9 Å². The van der Waals surface area contributed by atoms with Gasteiger partial charge in [-0.15, -0.1) is 6.58 Å². The van der Waals surface area contributed by atoms with Crippen molar-refractivity contribution in [2.75, 3.05) is 29.1 Å². The van der Waals surface area contributed by atoms with Crippen LogP contribution in [0.1, 0.15) is 20.8 Å². The molecule has 0 aliphatic rings. The molecule has 1 rings (SSSR count). The van der Waals surface area contributed by atoms with Crippen molar-refractivity contribution in [1.82, 2.24) is 0 Å². The Labute approximate surface area is 132 Å². The topological polar surface area (TPSA) is 66.5 Å². The third kappa shape index (κ3) is 4.59. The monoisotopic (exact) mass is 324 g/mol. The molecule has 0 heterocycles. The molecule has 122 valence electrons. The second-order valence-corrected chi connectivity index (χ2v) is 7.34. The Bertz CT molecular complexity index is 605. The molecule has 1 amide bonds. The maximum Gasteiger partial charge on any atom is 0.242 e. The summed E-state index contributed by atoms with van der Waals surface area (Å²) in [4.78, 5) is 14.2. The first-order valence-corrected chi connectivity index (χ1v) is 9.05. The zero-order valence-electron chi connectivity index (χ0n) is 13.4. The van der Waals surface area contributed by atoms with Gasteiger partial charge < -0.3 is 10.2 Å². The summed E-state index contributed by atoms with van der Waals surface area (Å²) < 4.78 is 23.7. The zero-order chi connectivity index (χ0) is 16.8. The fourth-order valence-corrected chi connectivity index (χ4v) is 3.06. The van der Waals surface area contributed by atoms with Crippen molar-refractivity contribution in [3.8, 4) is 0 Å². The Morgan fingerprint density at radius 3 is 2.27 bits per heavy atom. The summed E-state index contributed by atoms with van der Waals surface area (Å²) in [6.07, 6.45) is 1.29. The van der Waals surface area contributed by atoms with E-state index in [9.17, 15) is 13.2 Å². The predicted molar refractivity (Wildman–Crippen MR) is 92.1 cm³/mol. The highest BCUT2D eigenvalue weighted by atomic mass is 32.2. The lowest BCUT2D eigenvalue weighted by atomic mass is 10.2. The molecule has 1 N–H and O–H groups in total. The van der Waals surface area contributed by atoms with E-state index in [1.54, 1.807) is 12.1 Å². The van der Waals surface area contributed by atoms with Gasteiger partial charge in [0.05, 0.1) is 5.75 Å². The molecule has 0 aliphatic heterocycles. The lowest BCUT2D eigenvalue weighted by Crippen LogP contribution is -2.33. The number of amides is 1. The molecule has 1 unspecified atom stereocenters. The predicted octanol–water partition coefficient (Wildman–Crippen LogP) is 2.46. The third-order valence-electron chi connectivity index (χ3n) is 3.52. The largest absolute Gasteiger partial charge is 0.372 e. The average Bonchev–Trinajstić information content (AvgIpc) is 2.49. The summed E-state index contributed by atoms with van der Waals surface area (Å²) in [7, 11) is -3.50. The highest BCUT2D eigenvalue weighted by Gasteiger charge is 2.26. The van der Waals surface area contributed by atoms with Crippen LogP contribution in [0.25, 0.3) is 0 Å². The minimum absolute atomic E-state index is 0.206. The molecule has 0 aromatic heterocycles. The lowest BCUT2D eigenvalue weighted by Gasteiger charge is -2.21. The summed E-state index contributed by atoms with van der Waals surface area (Å²) in [5, 5.41) is 1.53. The van der Waals surface area contributed by atoms with Crippen LogP contribution >= 0.6 is 0 Å². The molecule has 0 bridgehead atoms. The number of nitrogens with one attached hydrogen (secondary N) is 1. The van der Waals surface area contributed by atoms with Crippen LogP contribution in [0.2, 0.25) is 0 Å². The van der Waals surface area contributed by atoms with E-state index >= 15 is 0 Å². The van der Waals surface area contributed by atoms with E-state index in [0.717, 1.165) is 18.8 Å². The SMILES string of the molecule is C=CCS(=O)(=O)C(C)C(=O)Nc1ccc(N(CC)CC)cc1. The van der Waals surface area contributed by atoms with E-state index in [4.69, 9.17) is 0 Å². The highest BCUT2D eigenvalue weighted by molar-refractivity contribution is 7.92. The highest BCUT2D eigenvalue weighted by Crippen LogP contribution is 2.18. The Kier molecular flexibility index (Phi) is 6.61. The molecule has 0 fully saturated rings. The van der Waals surface area contributed by atoms with Gasteiger partial charge in [-0.3, -0.25) is 4.79 Å². The van der Waals surface area contributed by atoms with Gasteiger partial charge in [-0.2, -0.15) is 0 Å². The minimum atomic E-state index is -3.50. The van der Waals surface area contributed by atoms with Crippen LogP contribution in [-0.4, -0.2) is 38.4 Å². The van der Waals surface area contributed by atoms with Crippen LogP contribution in [0.5, 0.6) is 0 Å². The van der Waals surface area contributed by atoms with Gasteiger partial charge in [0.25, 0.3) is 0 Å². The second-order valence-electron chi connectivity index (χ2n) is 4.97. The van der Waals surface area contributed by atoms with Gasteiger partial charge in [0, 0.05) is 24.5 Å². The van der Waals surface area contributed by atoms with Crippen LogP contribution in [0.3, 0.4) is 0 Å². The third-order valence-corrected chi connectivity index (χ3v) is 5.51. The smallest absolute Gasteiger partial charge is 0.242 e. The molecule has 1 atom stereocenters. The molecule has 22 heavy (non-hydrogen) atoms. The van der Waals surface area contributed by atoms with Crippen LogP contribution in [-0.2, 0) is 14.6 Å². The Morgan fingerprint density at radius 1 is 1.27 bits per heavy atom. The van der Waals surface area contributed by atoms with E-state index in [1.807, 2.05) is 12.1 Å². The van der Waals surface area contributed by atoms with Gasteiger partial charge in [-0.25, -0.2) is 8.42 Å². The maximum atomic E-state index is 12.0. The molecule has 1 aromatic rings. The first-order valence-electron chi connectivity index (χ1n) is 7.34. The Balaban J connectivity index is 2.79. The Morgan fingerprint density at radius 2 is 1.82 bits per heavy atom. The van der Waals surface area contributed by atoms with Gasteiger partial charge in [0.15, 0.2) is 9.84 Å². The minimum Gasteiger partial charge on any atom is -0.372 e. The fraction of sp³-hybridized carbons (Fsp3) is 0.438. The van der Waals surface area contributed by atoms with Crippen LogP contribution in [0.4, 0.5) is 11.4 Å². The number of hydrogen-bond donors (Lipinski definition) is 1. The zero-order valence-corrected chi connectivity index (χ0v) is 14.2. The molecule has 1 aromatic carbocycles. The summed E-state index contributed by atoms with van der Waals surface area (Å²) in [6.45, 7) is 10.7. The molecular formula is C16H24N2O3S. The number of carbonyl (C=O) groups is 1. The van der Waals surface area contributed by atoms with Gasteiger partial charge in [0.1, 0.15) is 5.25 Å². The number of anilines is 2. The van der Waals surface area contributed by atoms with Gasteiger partial charge in [0.2, 0.25) is 5.91 Å². The van der Waals surface area contributed by atoms with E-state index in [-0.39, 0.29) is 5.75 Å². The van der Waals surface area contributed by atoms with Crippen molar-refractivity contribution in [2.24, 2.45) is 0 Å².